The SMILES string of the molecule is COc1ccc(Cl)cc1NC1NC(=O)/C(=C/c2cc(Br)cc(Br)c2OCc2ccccc2)S1. The van der Waals surface area contributed by atoms with Crippen molar-refractivity contribution in [1.82, 2.24) is 5.32 Å². The Kier molecular flexibility index (Phi) is 7.90. The van der Waals surface area contributed by atoms with Gasteiger partial charge in [0.2, 0.25) is 0 Å². The van der Waals surface area contributed by atoms with E-state index in [4.69, 9.17) is 21.1 Å². The Balaban J connectivity index is 1.56. The number of hydrogen-bond donors (Lipinski definition) is 2. The van der Waals surface area contributed by atoms with Gasteiger partial charge in [0.1, 0.15) is 18.1 Å². The Hall–Kier alpha value is -2.13. The maximum Gasteiger partial charge on any atom is 0.260 e. The van der Waals surface area contributed by atoms with Gasteiger partial charge in [-0.1, -0.05) is 69.6 Å². The quantitative estimate of drug-likeness (QED) is 0.281. The van der Waals surface area contributed by atoms with Crippen LogP contribution in [0.5, 0.6) is 11.5 Å². The van der Waals surface area contributed by atoms with Crippen LogP contribution in [0.1, 0.15) is 11.1 Å². The third-order valence-electron chi connectivity index (χ3n) is 4.73. The Labute approximate surface area is 218 Å². The van der Waals surface area contributed by atoms with Gasteiger partial charge in [-0.3, -0.25) is 4.79 Å². The van der Waals surface area contributed by atoms with Crippen molar-refractivity contribution in [1.29, 1.82) is 0 Å². The summed E-state index contributed by atoms with van der Waals surface area (Å²) in [7, 11) is 1.59. The third-order valence-corrected chi connectivity index (χ3v) is 7.04. The van der Waals surface area contributed by atoms with E-state index in [1.165, 1.54) is 11.8 Å². The highest BCUT2D eigenvalue weighted by Gasteiger charge is 2.28. The first-order valence-electron chi connectivity index (χ1n) is 9.88. The predicted molar refractivity (Wildman–Crippen MR) is 142 cm³/mol. The van der Waals surface area contributed by atoms with Crippen molar-refractivity contribution >= 4 is 72.9 Å². The molecule has 1 heterocycles. The van der Waals surface area contributed by atoms with E-state index in [-0.39, 0.29) is 11.4 Å². The molecule has 3 aromatic rings. The lowest BCUT2D eigenvalue weighted by atomic mass is 10.1. The second-order valence-electron chi connectivity index (χ2n) is 7.05. The molecule has 3 aromatic carbocycles. The Bertz CT molecular complexity index is 1210. The summed E-state index contributed by atoms with van der Waals surface area (Å²) in [6.45, 7) is 0.412. The molecule has 5 nitrogen and oxygen atoms in total. The lowest BCUT2D eigenvalue weighted by Crippen LogP contribution is -2.31. The molecule has 1 aliphatic rings. The largest absolute Gasteiger partial charge is 0.495 e. The maximum atomic E-state index is 12.7. The zero-order chi connectivity index (χ0) is 23.4. The fourth-order valence-corrected chi connectivity index (χ4v) is 5.72. The van der Waals surface area contributed by atoms with Gasteiger partial charge < -0.3 is 20.1 Å². The van der Waals surface area contributed by atoms with E-state index in [1.54, 1.807) is 25.3 Å². The standard InChI is InChI=1S/C24H19Br2ClN2O3S/c1-31-20-8-7-17(27)12-19(20)28-24-29-23(30)21(33-24)10-15-9-16(25)11-18(26)22(15)32-13-14-5-3-2-4-6-14/h2-12,24,28H,13H2,1H3,(H,29,30)/b21-10-. The average Bonchev–Trinajstić information content (AvgIpc) is 3.12. The smallest absolute Gasteiger partial charge is 0.260 e. The van der Waals surface area contributed by atoms with Crippen LogP contribution in [0, 0.1) is 0 Å². The van der Waals surface area contributed by atoms with Crippen molar-refractivity contribution in [3.05, 3.63) is 90.7 Å². The van der Waals surface area contributed by atoms with E-state index in [0.29, 0.717) is 33.7 Å². The van der Waals surface area contributed by atoms with Gasteiger partial charge in [0.15, 0.2) is 5.50 Å². The van der Waals surface area contributed by atoms with Gasteiger partial charge in [-0.25, -0.2) is 0 Å². The predicted octanol–water partition coefficient (Wildman–Crippen LogP) is 7.05. The molecule has 1 fully saturated rings. The summed E-state index contributed by atoms with van der Waals surface area (Å²) >= 11 is 14.6. The number of nitrogens with one attached hydrogen (secondary N) is 2. The number of thioether (sulfide) groups is 1. The molecule has 1 aliphatic heterocycles. The molecule has 170 valence electrons. The van der Waals surface area contributed by atoms with Crippen LogP contribution in [-0.2, 0) is 11.4 Å². The molecule has 1 unspecified atom stereocenters. The summed E-state index contributed by atoms with van der Waals surface area (Å²) in [5.41, 5.74) is 2.16. The Morgan fingerprint density at radius 1 is 1.15 bits per heavy atom. The van der Waals surface area contributed by atoms with Gasteiger partial charge in [-0.05, 0) is 57.9 Å². The van der Waals surface area contributed by atoms with Gasteiger partial charge in [-0.2, -0.15) is 0 Å². The number of carbonyl (C=O) groups is 1. The molecule has 2 N–H and O–H groups in total. The number of anilines is 1. The Morgan fingerprint density at radius 3 is 2.70 bits per heavy atom. The van der Waals surface area contributed by atoms with Crippen LogP contribution in [0.15, 0.2) is 74.5 Å². The van der Waals surface area contributed by atoms with Gasteiger partial charge in [0.25, 0.3) is 5.91 Å². The van der Waals surface area contributed by atoms with Crippen LogP contribution in [0.3, 0.4) is 0 Å². The molecule has 0 aliphatic carbocycles. The summed E-state index contributed by atoms with van der Waals surface area (Å²) in [4.78, 5) is 13.3. The average molecular weight is 611 g/mol. The number of hydrogen-bond acceptors (Lipinski definition) is 5. The van der Waals surface area contributed by atoms with Crippen molar-refractivity contribution in [2.75, 3.05) is 12.4 Å². The summed E-state index contributed by atoms with van der Waals surface area (Å²) in [6.07, 6.45) is 1.83. The summed E-state index contributed by atoms with van der Waals surface area (Å²) in [5, 5.41) is 6.77. The fourth-order valence-electron chi connectivity index (χ4n) is 3.21. The molecule has 1 atom stereocenters. The van der Waals surface area contributed by atoms with Gasteiger partial charge in [0, 0.05) is 15.1 Å². The summed E-state index contributed by atoms with van der Waals surface area (Å²) in [6, 6.07) is 19.0. The highest BCUT2D eigenvalue weighted by Crippen LogP contribution is 2.38. The zero-order valence-corrected chi connectivity index (χ0v) is 22.1. The molecular weight excluding hydrogens is 592 g/mol. The normalized spacial score (nSPS) is 16.5. The molecule has 1 amide bonds. The summed E-state index contributed by atoms with van der Waals surface area (Å²) < 4.78 is 13.2. The van der Waals surface area contributed by atoms with E-state index >= 15 is 0 Å². The molecule has 0 aromatic heterocycles. The molecule has 0 radical (unpaired) electrons. The number of ether oxygens (including phenoxy) is 2. The van der Waals surface area contributed by atoms with Gasteiger partial charge >= 0.3 is 0 Å². The Morgan fingerprint density at radius 2 is 1.94 bits per heavy atom. The first kappa shape index (κ1) is 24.0. The monoisotopic (exact) mass is 608 g/mol. The van der Waals surface area contributed by atoms with E-state index < -0.39 is 0 Å². The van der Waals surface area contributed by atoms with Gasteiger partial charge in [-0.15, -0.1) is 0 Å². The number of benzene rings is 3. The second-order valence-corrected chi connectivity index (χ2v) is 10.4. The molecule has 0 bridgehead atoms. The van der Waals surface area contributed by atoms with Crippen LogP contribution in [0.25, 0.3) is 6.08 Å². The third kappa shape index (κ3) is 6.06. The number of carbonyl (C=O) groups excluding carboxylic acids is 1. The van der Waals surface area contributed by atoms with E-state index in [9.17, 15) is 4.79 Å². The highest BCUT2D eigenvalue weighted by molar-refractivity contribution is 9.11. The highest BCUT2D eigenvalue weighted by atomic mass is 79.9. The lowest BCUT2D eigenvalue weighted by Gasteiger charge is -2.16. The molecule has 1 saturated heterocycles. The van der Waals surface area contributed by atoms with Crippen molar-refractivity contribution < 1.29 is 14.3 Å². The van der Waals surface area contributed by atoms with E-state index in [0.717, 1.165) is 20.1 Å². The van der Waals surface area contributed by atoms with Crippen LogP contribution >= 0.6 is 55.2 Å². The molecule has 0 saturated carbocycles. The van der Waals surface area contributed by atoms with Crippen LogP contribution in [0.2, 0.25) is 5.02 Å². The van der Waals surface area contributed by atoms with Crippen molar-refractivity contribution in [3.63, 3.8) is 0 Å². The first-order chi connectivity index (χ1) is 15.9. The maximum absolute atomic E-state index is 12.7. The molecule has 9 heteroatoms. The molecule has 4 rings (SSSR count). The zero-order valence-electron chi connectivity index (χ0n) is 17.4. The van der Waals surface area contributed by atoms with Crippen molar-refractivity contribution in [2.24, 2.45) is 0 Å². The number of amides is 1. The van der Waals surface area contributed by atoms with Gasteiger partial charge in [0.05, 0.1) is 22.2 Å². The molecule has 33 heavy (non-hydrogen) atoms. The lowest BCUT2D eigenvalue weighted by molar-refractivity contribution is -0.116. The molecular formula is C24H19Br2ClN2O3S. The number of methoxy groups -OCH3 is 1. The second kappa shape index (κ2) is 10.9. The summed E-state index contributed by atoms with van der Waals surface area (Å²) in [5.74, 6) is 1.12. The minimum atomic E-state index is -0.375. The topological polar surface area (TPSA) is 59.6 Å². The first-order valence-corrected chi connectivity index (χ1v) is 12.7. The van der Waals surface area contributed by atoms with Crippen LogP contribution < -0.4 is 20.1 Å². The minimum absolute atomic E-state index is 0.177. The van der Waals surface area contributed by atoms with Crippen molar-refractivity contribution in [3.8, 4) is 11.5 Å². The molecule has 0 spiro atoms. The van der Waals surface area contributed by atoms with E-state index in [2.05, 4.69) is 42.5 Å². The van der Waals surface area contributed by atoms with Crippen molar-refractivity contribution in [2.45, 2.75) is 12.1 Å². The van der Waals surface area contributed by atoms with Crippen LogP contribution in [0.4, 0.5) is 5.69 Å². The van der Waals surface area contributed by atoms with Crippen LogP contribution in [-0.4, -0.2) is 18.5 Å². The number of halogens is 3. The fraction of sp³-hybridized carbons (Fsp3) is 0.125. The number of rotatable bonds is 7. The minimum Gasteiger partial charge on any atom is -0.495 e. The van der Waals surface area contributed by atoms with E-state index in [1.807, 2.05) is 48.5 Å².